The highest BCUT2D eigenvalue weighted by molar-refractivity contribution is 6.39. The average Bonchev–Trinajstić information content (AvgIpc) is 2.67. The van der Waals surface area contributed by atoms with E-state index in [1.165, 1.54) is 24.1 Å². The predicted octanol–water partition coefficient (Wildman–Crippen LogP) is 1.43. The number of nitrogens with one attached hydrogen (secondary N) is 1. The number of anilines is 1. The van der Waals surface area contributed by atoms with E-state index < -0.39 is 17.8 Å². The smallest absolute Gasteiger partial charge is 0.339 e. The van der Waals surface area contributed by atoms with Crippen molar-refractivity contribution >= 4 is 23.5 Å². The number of amides is 2. The summed E-state index contributed by atoms with van der Waals surface area (Å²) in [5, 5.41) is 11.6. The Hall–Kier alpha value is -3.19. The lowest BCUT2D eigenvalue weighted by Gasteiger charge is -2.21. The van der Waals surface area contributed by atoms with Crippen molar-refractivity contribution in [2.45, 2.75) is 6.54 Å². The molecule has 0 saturated carbocycles. The van der Waals surface area contributed by atoms with E-state index >= 15 is 0 Å². The molecule has 0 fully saturated rings. The summed E-state index contributed by atoms with van der Waals surface area (Å²) in [7, 11) is 1.23. The standard InChI is InChI=1S/C19H20N2O5/c1-26-19(25)15-9-5-6-10-16(15)20-17(23)18(24)21(11-12-22)13-14-7-3-2-4-8-14/h2-10,22H,11-13H2,1H3,(H,20,23). The Labute approximate surface area is 151 Å². The van der Waals surface area contributed by atoms with Gasteiger partial charge in [0, 0.05) is 13.1 Å². The van der Waals surface area contributed by atoms with Crippen molar-refractivity contribution < 1.29 is 24.2 Å². The van der Waals surface area contributed by atoms with E-state index in [4.69, 9.17) is 0 Å². The normalized spacial score (nSPS) is 10.1. The van der Waals surface area contributed by atoms with Gasteiger partial charge in [-0.2, -0.15) is 0 Å². The third-order valence-corrected chi connectivity index (χ3v) is 3.65. The summed E-state index contributed by atoms with van der Waals surface area (Å²) in [6.45, 7) is -0.0727. The zero-order valence-electron chi connectivity index (χ0n) is 14.3. The first kappa shape index (κ1) is 19.1. The quantitative estimate of drug-likeness (QED) is 0.603. The first-order chi connectivity index (χ1) is 12.6. The van der Waals surface area contributed by atoms with E-state index in [0.717, 1.165) is 5.56 Å². The molecular weight excluding hydrogens is 336 g/mol. The summed E-state index contributed by atoms with van der Waals surface area (Å²) < 4.78 is 4.67. The van der Waals surface area contributed by atoms with Crippen LogP contribution in [0, 0.1) is 0 Å². The Morgan fingerprint density at radius 3 is 2.35 bits per heavy atom. The number of aliphatic hydroxyl groups is 1. The monoisotopic (exact) mass is 356 g/mol. The van der Waals surface area contributed by atoms with Gasteiger partial charge in [-0.1, -0.05) is 42.5 Å². The van der Waals surface area contributed by atoms with Crippen LogP contribution in [0.25, 0.3) is 0 Å². The summed E-state index contributed by atoms with van der Waals surface area (Å²) in [6, 6.07) is 15.4. The van der Waals surface area contributed by atoms with Crippen LogP contribution in [0.15, 0.2) is 54.6 Å². The van der Waals surface area contributed by atoms with Crippen molar-refractivity contribution in [3.8, 4) is 0 Å². The molecule has 7 nitrogen and oxygen atoms in total. The summed E-state index contributed by atoms with van der Waals surface area (Å²) in [4.78, 5) is 37.8. The zero-order valence-corrected chi connectivity index (χ0v) is 14.3. The highest BCUT2D eigenvalue weighted by atomic mass is 16.5. The maximum absolute atomic E-state index is 12.5. The molecule has 2 rings (SSSR count). The molecule has 2 aromatic carbocycles. The minimum Gasteiger partial charge on any atom is -0.465 e. The highest BCUT2D eigenvalue weighted by Gasteiger charge is 2.23. The summed E-state index contributed by atoms with van der Waals surface area (Å²) in [6.07, 6.45) is 0. The SMILES string of the molecule is COC(=O)c1ccccc1NC(=O)C(=O)N(CCO)Cc1ccccc1. The molecule has 26 heavy (non-hydrogen) atoms. The van der Waals surface area contributed by atoms with Crippen LogP contribution in [0.4, 0.5) is 5.69 Å². The predicted molar refractivity (Wildman–Crippen MR) is 95.4 cm³/mol. The maximum Gasteiger partial charge on any atom is 0.339 e. The second-order valence-electron chi connectivity index (χ2n) is 5.43. The topological polar surface area (TPSA) is 95.9 Å². The number of para-hydroxylation sites is 1. The van der Waals surface area contributed by atoms with Gasteiger partial charge in [-0.15, -0.1) is 0 Å². The number of rotatable bonds is 6. The molecule has 7 heteroatoms. The molecule has 2 aromatic rings. The van der Waals surface area contributed by atoms with Gasteiger partial charge in [-0.25, -0.2) is 4.79 Å². The number of carbonyl (C=O) groups excluding carboxylic acids is 3. The van der Waals surface area contributed by atoms with Gasteiger partial charge in [0.1, 0.15) is 0 Å². The number of methoxy groups -OCH3 is 1. The van der Waals surface area contributed by atoms with E-state index in [0.29, 0.717) is 0 Å². The maximum atomic E-state index is 12.5. The number of nitrogens with zero attached hydrogens (tertiary/aromatic N) is 1. The molecule has 0 bridgehead atoms. The molecule has 2 N–H and O–H groups in total. The van der Waals surface area contributed by atoms with E-state index in [1.54, 1.807) is 12.1 Å². The number of aliphatic hydroxyl groups excluding tert-OH is 1. The van der Waals surface area contributed by atoms with E-state index in [9.17, 15) is 19.5 Å². The summed E-state index contributed by atoms with van der Waals surface area (Å²) >= 11 is 0. The minimum atomic E-state index is -0.897. The van der Waals surface area contributed by atoms with Gasteiger partial charge in [0.15, 0.2) is 0 Å². The lowest BCUT2D eigenvalue weighted by molar-refractivity contribution is -0.143. The number of benzene rings is 2. The second kappa shape index (κ2) is 9.33. The number of ether oxygens (including phenoxy) is 1. The van der Waals surface area contributed by atoms with Crippen molar-refractivity contribution in [1.82, 2.24) is 4.90 Å². The molecule has 136 valence electrons. The Balaban J connectivity index is 2.14. The van der Waals surface area contributed by atoms with Crippen LogP contribution < -0.4 is 5.32 Å². The van der Waals surface area contributed by atoms with Crippen LogP contribution >= 0.6 is 0 Å². The molecule has 0 aliphatic rings. The fourth-order valence-corrected chi connectivity index (χ4v) is 2.38. The zero-order chi connectivity index (χ0) is 18.9. The molecule has 0 spiro atoms. The lowest BCUT2D eigenvalue weighted by atomic mass is 10.1. The van der Waals surface area contributed by atoms with Gasteiger partial charge in [-0.05, 0) is 17.7 Å². The number of hydrogen-bond donors (Lipinski definition) is 2. The number of carbonyl (C=O) groups is 3. The van der Waals surface area contributed by atoms with E-state index in [1.807, 2.05) is 30.3 Å². The Morgan fingerprint density at radius 2 is 1.69 bits per heavy atom. The van der Waals surface area contributed by atoms with Crippen molar-refractivity contribution in [2.75, 3.05) is 25.6 Å². The first-order valence-electron chi connectivity index (χ1n) is 7.99. The Bertz CT molecular complexity index is 777. The van der Waals surface area contributed by atoms with Crippen LogP contribution in [0.1, 0.15) is 15.9 Å². The highest BCUT2D eigenvalue weighted by Crippen LogP contribution is 2.16. The Kier molecular flexibility index (Phi) is 6.87. The minimum absolute atomic E-state index is 0.0137. The van der Waals surface area contributed by atoms with Crippen LogP contribution in [-0.2, 0) is 20.9 Å². The van der Waals surface area contributed by atoms with Crippen molar-refractivity contribution in [1.29, 1.82) is 0 Å². The van der Waals surface area contributed by atoms with Crippen molar-refractivity contribution in [2.24, 2.45) is 0 Å². The molecule has 0 radical (unpaired) electrons. The summed E-state index contributed by atoms with van der Waals surface area (Å²) in [5.74, 6) is -2.32. The fraction of sp³-hybridized carbons (Fsp3) is 0.211. The molecule has 0 atom stereocenters. The van der Waals surface area contributed by atoms with Crippen LogP contribution in [-0.4, -0.2) is 48.1 Å². The van der Waals surface area contributed by atoms with Gasteiger partial charge in [0.25, 0.3) is 0 Å². The van der Waals surface area contributed by atoms with Gasteiger partial charge >= 0.3 is 17.8 Å². The summed E-state index contributed by atoms with van der Waals surface area (Å²) in [5.41, 5.74) is 1.16. The molecular formula is C19H20N2O5. The molecule has 0 aliphatic carbocycles. The van der Waals surface area contributed by atoms with E-state index in [2.05, 4.69) is 10.1 Å². The van der Waals surface area contributed by atoms with Crippen LogP contribution in [0.5, 0.6) is 0 Å². The Morgan fingerprint density at radius 1 is 1.04 bits per heavy atom. The van der Waals surface area contributed by atoms with Crippen LogP contribution in [0.3, 0.4) is 0 Å². The molecule has 0 unspecified atom stereocenters. The fourth-order valence-electron chi connectivity index (χ4n) is 2.38. The molecule has 2 amide bonds. The van der Waals surface area contributed by atoms with Crippen molar-refractivity contribution in [3.05, 3.63) is 65.7 Å². The third-order valence-electron chi connectivity index (χ3n) is 3.65. The van der Waals surface area contributed by atoms with Gasteiger partial charge in [0.2, 0.25) is 0 Å². The van der Waals surface area contributed by atoms with Gasteiger partial charge in [0.05, 0.1) is 25.0 Å². The molecule has 0 saturated heterocycles. The van der Waals surface area contributed by atoms with E-state index in [-0.39, 0.29) is 30.9 Å². The molecule has 0 aromatic heterocycles. The largest absolute Gasteiger partial charge is 0.465 e. The molecule has 0 heterocycles. The van der Waals surface area contributed by atoms with Crippen LogP contribution in [0.2, 0.25) is 0 Å². The van der Waals surface area contributed by atoms with Gasteiger partial charge < -0.3 is 20.1 Å². The lowest BCUT2D eigenvalue weighted by Crippen LogP contribution is -2.41. The number of esters is 1. The van der Waals surface area contributed by atoms with Crippen molar-refractivity contribution in [3.63, 3.8) is 0 Å². The molecule has 0 aliphatic heterocycles. The number of hydrogen-bond acceptors (Lipinski definition) is 5. The third kappa shape index (κ3) is 4.90. The first-order valence-corrected chi connectivity index (χ1v) is 7.99. The van der Waals surface area contributed by atoms with Gasteiger partial charge in [-0.3, -0.25) is 9.59 Å². The second-order valence-corrected chi connectivity index (χ2v) is 5.43. The average molecular weight is 356 g/mol.